The quantitative estimate of drug-likeness (QED) is 0.645. The summed E-state index contributed by atoms with van der Waals surface area (Å²) in [5, 5.41) is 5.62. The number of anilines is 2. The van der Waals surface area contributed by atoms with Crippen LogP contribution < -0.4 is 15.5 Å². The van der Waals surface area contributed by atoms with Gasteiger partial charge in [-0.2, -0.15) is 0 Å². The number of hydrogen-bond donors (Lipinski definition) is 2. The third-order valence-electron chi connectivity index (χ3n) is 7.10. The van der Waals surface area contributed by atoms with E-state index >= 15 is 0 Å². The van der Waals surface area contributed by atoms with E-state index < -0.39 is 11.8 Å². The van der Waals surface area contributed by atoms with Crippen molar-refractivity contribution in [2.45, 2.75) is 32.2 Å². The summed E-state index contributed by atoms with van der Waals surface area (Å²) in [6, 6.07) is 14.3. The first-order valence-corrected chi connectivity index (χ1v) is 12.4. The number of amides is 2. The fourth-order valence-corrected chi connectivity index (χ4v) is 4.89. The molecule has 0 bridgehead atoms. The fourth-order valence-electron chi connectivity index (χ4n) is 4.89. The van der Waals surface area contributed by atoms with E-state index in [1.165, 1.54) is 22.4 Å². The Morgan fingerprint density at radius 3 is 2.38 bits per heavy atom. The maximum absolute atomic E-state index is 12.7. The lowest BCUT2D eigenvalue weighted by Gasteiger charge is -2.39. The summed E-state index contributed by atoms with van der Waals surface area (Å²) < 4.78 is 0. The number of nitrogens with zero attached hydrogens (tertiary/aromatic N) is 3. The van der Waals surface area contributed by atoms with E-state index in [4.69, 9.17) is 0 Å². The third-order valence-corrected chi connectivity index (χ3v) is 7.10. The first-order chi connectivity index (χ1) is 16.4. The van der Waals surface area contributed by atoms with Crippen LogP contribution in [0, 0.1) is 0 Å². The van der Waals surface area contributed by atoms with Crippen LogP contribution in [0.1, 0.15) is 36.1 Å². The highest BCUT2D eigenvalue weighted by atomic mass is 16.2. The molecule has 1 atom stereocenters. The van der Waals surface area contributed by atoms with Crippen molar-refractivity contribution in [3.8, 4) is 0 Å². The molecule has 182 valence electrons. The summed E-state index contributed by atoms with van der Waals surface area (Å²) in [5.74, 6) is -1.23. The van der Waals surface area contributed by atoms with Gasteiger partial charge in [-0.15, -0.1) is 0 Å². The number of likely N-dealkylation sites (N-methyl/N-ethyl adjacent to an activating group) is 1. The number of benzene rings is 2. The van der Waals surface area contributed by atoms with Crippen molar-refractivity contribution in [3.63, 3.8) is 0 Å². The number of piperazine rings is 1. The lowest BCUT2D eigenvalue weighted by molar-refractivity contribution is -0.136. The molecule has 2 N–H and O–H groups in total. The maximum atomic E-state index is 12.7. The average Bonchev–Trinajstić information content (AvgIpc) is 2.85. The second-order valence-corrected chi connectivity index (χ2v) is 9.48. The molecule has 2 amide bonds. The van der Waals surface area contributed by atoms with Gasteiger partial charge in [0.25, 0.3) is 0 Å². The topological polar surface area (TPSA) is 67.9 Å². The van der Waals surface area contributed by atoms with E-state index in [0.717, 1.165) is 52.0 Å². The van der Waals surface area contributed by atoms with Gasteiger partial charge in [0.2, 0.25) is 0 Å². The van der Waals surface area contributed by atoms with Crippen LogP contribution >= 0.6 is 0 Å². The number of nitrogens with one attached hydrogen (secondary N) is 2. The Labute approximate surface area is 203 Å². The van der Waals surface area contributed by atoms with Gasteiger partial charge in [-0.25, -0.2) is 0 Å². The Morgan fingerprint density at radius 2 is 1.68 bits per heavy atom. The molecular weight excluding hydrogens is 426 g/mol. The Bertz CT molecular complexity index is 999. The van der Waals surface area contributed by atoms with E-state index in [-0.39, 0.29) is 6.04 Å². The SMILES string of the molecule is CCc1ccc(NC(=O)C(=O)NC[C@H](c2ccc3c(c2)CCCN3C)N2CCN(C)CC2)cc1. The van der Waals surface area contributed by atoms with Gasteiger partial charge in [0.05, 0.1) is 6.04 Å². The van der Waals surface area contributed by atoms with Gasteiger partial charge < -0.3 is 20.4 Å². The summed E-state index contributed by atoms with van der Waals surface area (Å²) >= 11 is 0. The molecule has 2 aliphatic rings. The second kappa shape index (κ2) is 11.0. The molecule has 4 rings (SSSR count). The van der Waals surface area contributed by atoms with Crippen molar-refractivity contribution < 1.29 is 9.59 Å². The van der Waals surface area contributed by atoms with Gasteiger partial charge in [-0.1, -0.05) is 31.2 Å². The maximum Gasteiger partial charge on any atom is 0.313 e. The first-order valence-electron chi connectivity index (χ1n) is 12.4. The summed E-state index contributed by atoms with van der Waals surface area (Å²) in [6.45, 7) is 7.42. The molecule has 0 spiro atoms. The Kier molecular flexibility index (Phi) is 7.85. The molecule has 0 unspecified atom stereocenters. The van der Waals surface area contributed by atoms with Crippen molar-refractivity contribution in [2.24, 2.45) is 0 Å². The molecule has 2 heterocycles. The highest BCUT2D eigenvalue weighted by Crippen LogP contribution is 2.31. The van der Waals surface area contributed by atoms with Gasteiger partial charge in [0.1, 0.15) is 0 Å². The Morgan fingerprint density at radius 1 is 0.941 bits per heavy atom. The number of aryl methyl sites for hydroxylation is 2. The van der Waals surface area contributed by atoms with Gasteiger partial charge in [0, 0.05) is 57.7 Å². The molecule has 34 heavy (non-hydrogen) atoms. The number of rotatable bonds is 6. The Hall–Kier alpha value is -2.90. The summed E-state index contributed by atoms with van der Waals surface area (Å²) in [7, 11) is 4.28. The first kappa shape index (κ1) is 24.2. The van der Waals surface area contributed by atoms with E-state index in [2.05, 4.69) is 64.6 Å². The predicted molar refractivity (Wildman–Crippen MR) is 137 cm³/mol. The molecule has 1 fully saturated rings. The zero-order valence-electron chi connectivity index (χ0n) is 20.6. The third kappa shape index (κ3) is 5.77. The zero-order chi connectivity index (χ0) is 24.1. The van der Waals surface area contributed by atoms with Crippen LogP contribution in [-0.2, 0) is 22.4 Å². The number of carbonyl (C=O) groups is 2. The van der Waals surface area contributed by atoms with Crippen LogP contribution in [-0.4, -0.2) is 75.0 Å². The standard InChI is InChI=1S/C27H37N5O2/c1-4-20-7-10-23(11-8-20)29-27(34)26(33)28-19-25(32-16-14-30(2)15-17-32)22-9-12-24-21(18-22)6-5-13-31(24)3/h7-12,18,25H,4-6,13-17,19H2,1-3H3,(H,28,33)(H,29,34)/t25-/m1/s1. The molecule has 2 aromatic rings. The molecule has 1 saturated heterocycles. The predicted octanol–water partition coefficient (Wildman–Crippen LogP) is 2.67. The van der Waals surface area contributed by atoms with Crippen LogP contribution in [0.15, 0.2) is 42.5 Å². The lowest BCUT2D eigenvalue weighted by atomic mass is 9.95. The highest BCUT2D eigenvalue weighted by Gasteiger charge is 2.27. The average molecular weight is 464 g/mol. The van der Waals surface area contributed by atoms with Crippen LogP contribution in [0.4, 0.5) is 11.4 Å². The van der Waals surface area contributed by atoms with Crippen molar-refractivity contribution in [1.82, 2.24) is 15.1 Å². The molecule has 2 aliphatic heterocycles. The van der Waals surface area contributed by atoms with Crippen LogP contribution in [0.25, 0.3) is 0 Å². The number of hydrogen-bond acceptors (Lipinski definition) is 5. The van der Waals surface area contributed by atoms with Crippen molar-refractivity contribution >= 4 is 23.2 Å². The van der Waals surface area contributed by atoms with Gasteiger partial charge in [-0.05, 0) is 61.2 Å². The summed E-state index contributed by atoms with van der Waals surface area (Å²) in [5.41, 5.74) is 5.68. The fraction of sp³-hybridized carbons (Fsp3) is 0.481. The van der Waals surface area contributed by atoms with Crippen molar-refractivity contribution in [3.05, 3.63) is 59.2 Å². The number of carbonyl (C=O) groups excluding carboxylic acids is 2. The molecule has 0 saturated carbocycles. The molecule has 7 nitrogen and oxygen atoms in total. The Balaban J connectivity index is 1.45. The van der Waals surface area contributed by atoms with Crippen LogP contribution in [0.3, 0.4) is 0 Å². The summed E-state index contributed by atoms with van der Waals surface area (Å²) in [6.07, 6.45) is 3.16. The van der Waals surface area contributed by atoms with Crippen molar-refractivity contribution in [1.29, 1.82) is 0 Å². The molecule has 0 aromatic heterocycles. The van der Waals surface area contributed by atoms with Gasteiger partial charge in [-0.3, -0.25) is 14.5 Å². The zero-order valence-corrected chi connectivity index (χ0v) is 20.6. The summed E-state index contributed by atoms with van der Waals surface area (Å²) in [4.78, 5) is 32.2. The molecule has 0 aliphatic carbocycles. The normalized spacial score (nSPS) is 17.7. The molecule has 0 radical (unpaired) electrons. The van der Waals surface area contributed by atoms with Gasteiger partial charge in [0.15, 0.2) is 0 Å². The molecule has 7 heteroatoms. The molecular formula is C27H37N5O2. The largest absolute Gasteiger partial charge is 0.374 e. The lowest BCUT2D eigenvalue weighted by Crippen LogP contribution is -2.49. The van der Waals surface area contributed by atoms with E-state index in [0.29, 0.717) is 12.2 Å². The van der Waals surface area contributed by atoms with Crippen LogP contribution in [0.2, 0.25) is 0 Å². The van der Waals surface area contributed by atoms with Crippen LogP contribution in [0.5, 0.6) is 0 Å². The number of fused-ring (bicyclic) bond motifs is 1. The van der Waals surface area contributed by atoms with E-state index in [9.17, 15) is 9.59 Å². The minimum Gasteiger partial charge on any atom is -0.374 e. The minimum atomic E-state index is -0.631. The molecule has 2 aromatic carbocycles. The van der Waals surface area contributed by atoms with E-state index in [1.807, 2.05) is 24.3 Å². The van der Waals surface area contributed by atoms with Gasteiger partial charge >= 0.3 is 11.8 Å². The monoisotopic (exact) mass is 463 g/mol. The highest BCUT2D eigenvalue weighted by molar-refractivity contribution is 6.39. The smallest absolute Gasteiger partial charge is 0.313 e. The van der Waals surface area contributed by atoms with Crippen molar-refractivity contribution in [2.75, 3.05) is 63.6 Å². The van der Waals surface area contributed by atoms with E-state index in [1.54, 1.807) is 0 Å². The second-order valence-electron chi connectivity index (χ2n) is 9.48. The minimum absolute atomic E-state index is 0.0341.